The van der Waals surface area contributed by atoms with Crippen LogP contribution in [0.3, 0.4) is 0 Å². The van der Waals surface area contributed by atoms with Gasteiger partial charge in [0.2, 0.25) is 5.91 Å². The number of anilines is 1. The highest BCUT2D eigenvalue weighted by atomic mass is 35.5. The molecule has 2 aromatic rings. The molecule has 0 saturated carbocycles. The molecule has 0 aliphatic rings. The van der Waals surface area contributed by atoms with Crippen LogP contribution in [0.25, 0.3) is 0 Å². The molecule has 0 unspecified atom stereocenters. The number of halogens is 2. The SMILES string of the molecule is Cc1ccc(Cl)c(NC(=O)CCCSc2ncccn2)c1Cl. The Morgan fingerprint density at radius 2 is 2.00 bits per heavy atom. The minimum atomic E-state index is -0.107. The largest absolute Gasteiger partial charge is 0.324 e. The van der Waals surface area contributed by atoms with Crippen LogP contribution >= 0.6 is 35.0 Å². The van der Waals surface area contributed by atoms with Crippen molar-refractivity contribution in [2.45, 2.75) is 24.9 Å². The van der Waals surface area contributed by atoms with Crippen LogP contribution in [-0.2, 0) is 4.79 Å². The van der Waals surface area contributed by atoms with Crippen molar-refractivity contribution in [3.8, 4) is 0 Å². The van der Waals surface area contributed by atoms with Gasteiger partial charge in [-0.3, -0.25) is 4.79 Å². The van der Waals surface area contributed by atoms with Crippen molar-refractivity contribution in [2.24, 2.45) is 0 Å². The van der Waals surface area contributed by atoms with E-state index in [0.29, 0.717) is 27.3 Å². The smallest absolute Gasteiger partial charge is 0.224 e. The lowest BCUT2D eigenvalue weighted by Crippen LogP contribution is -2.12. The second kappa shape index (κ2) is 8.36. The Balaban J connectivity index is 1.80. The third kappa shape index (κ3) is 4.87. The molecule has 4 nitrogen and oxygen atoms in total. The van der Waals surface area contributed by atoms with Gasteiger partial charge in [-0.2, -0.15) is 0 Å². The highest BCUT2D eigenvalue weighted by Crippen LogP contribution is 2.33. The number of carbonyl (C=O) groups excluding carboxylic acids is 1. The van der Waals surface area contributed by atoms with Crippen molar-refractivity contribution < 1.29 is 4.79 Å². The number of aryl methyl sites for hydroxylation is 1. The van der Waals surface area contributed by atoms with E-state index in [1.165, 1.54) is 11.8 Å². The lowest BCUT2D eigenvalue weighted by atomic mass is 10.2. The fraction of sp³-hybridized carbons (Fsp3) is 0.267. The van der Waals surface area contributed by atoms with Gasteiger partial charge in [-0.05, 0) is 31.0 Å². The average molecular weight is 356 g/mol. The van der Waals surface area contributed by atoms with E-state index in [0.717, 1.165) is 17.7 Å². The van der Waals surface area contributed by atoms with E-state index in [-0.39, 0.29) is 5.91 Å². The summed E-state index contributed by atoms with van der Waals surface area (Å²) < 4.78 is 0. The standard InChI is InChI=1S/C15H15Cl2N3OS/c1-10-5-6-11(16)14(13(10)17)20-12(21)4-2-9-22-15-18-7-3-8-19-15/h3,5-8H,2,4,9H2,1H3,(H,20,21). The summed E-state index contributed by atoms with van der Waals surface area (Å²) in [5.41, 5.74) is 1.35. The van der Waals surface area contributed by atoms with Crippen molar-refractivity contribution in [1.29, 1.82) is 0 Å². The molecule has 1 aromatic heterocycles. The van der Waals surface area contributed by atoms with Gasteiger partial charge in [0.1, 0.15) is 0 Å². The van der Waals surface area contributed by atoms with Crippen LogP contribution in [0.1, 0.15) is 18.4 Å². The molecule has 7 heteroatoms. The van der Waals surface area contributed by atoms with E-state index in [4.69, 9.17) is 23.2 Å². The van der Waals surface area contributed by atoms with Gasteiger partial charge < -0.3 is 5.32 Å². The fourth-order valence-electron chi connectivity index (χ4n) is 1.73. The van der Waals surface area contributed by atoms with E-state index < -0.39 is 0 Å². The maximum Gasteiger partial charge on any atom is 0.224 e. The van der Waals surface area contributed by atoms with E-state index in [1.54, 1.807) is 24.5 Å². The number of nitrogens with one attached hydrogen (secondary N) is 1. The molecule has 1 N–H and O–H groups in total. The third-order valence-corrected chi connectivity index (χ3v) is 4.63. The highest BCUT2D eigenvalue weighted by Gasteiger charge is 2.11. The summed E-state index contributed by atoms with van der Waals surface area (Å²) in [4.78, 5) is 20.2. The van der Waals surface area contributed by atoms with Gasteiger partial charge in [-0.15, -0.1) is 0 Å². The average Bonchev–Trinajstić information content (AvgIpc) is 2.53. The van der Waals surface area contributed by atoms with E-state index >= 15 is 0 Å². The van der Waals surface area contributed by atoms with Gasteiger partial charge in [-0.1, -0.05) is 41.0 Å². The summed E-state index contributed by atoms with van der Waals surface area (Å²) >= 11 is 13.8. The first-order chi connectivity index (χ1) is 10.6. The maximum atomic E-state index is 12.0. The molecule has 1 amide bonds. The summed E-state index contributed by atoms with van der Waals surface area (Å²) in [5.74, 6) is 0.663. The minimum Gasteiger partial charge on any atom is -0.324 e. The molecule has 0 aliphatic carbocycles. The molecule has 0 bridgehead atoms. The van der Waals surface area contributed by atoms with E-state index in [9.17, 15) is 4.79 Å². The van der Waals surface area contributed by atoms with Crippen molar-refractivity contribution in [2.75, 3.05) is 11.1 Å². The van der Waals surface area contributed by atoms with Crippen LogP contribution in [0, 0.1) is 6.92 Å². The Morgan fingerprint density at radius 1 is 1.27 bits per heavy atom. The van der Waals surface area contributed by atoms with Crippen LogP contribution in [0.2, 0.25) is 10.0 Å². The molecule has 2 rings (SSSR count). The number of amides is 1. The number of aromatic nitrogens is 2. The van der Waals surface area contributed by atoms with Gasteiger partial charge >= 0.3 is 0 Å². The maximum absolute atomic E-state index is 12.0. The van der Waals surface area contributed by atoms with Gasteiger partial charge in [0.05, 0.1) is 15.7 Å². The predicted octanol–water partition coefficient (Wildman–Crippen LogP) is 4.60. The van der Waals surface area contributed by atoms with Crippen molar-refractivity contribution in [3.63, 3.8) is 0 Å². The van der Waals surface area contributed by atoms with Crippen LogP contribution < -0.4 is 5.32 Å². The molecule has 116 valence electrons. The Hall–Kier alpha value is -1.30. The number of benzene rings is 1. The molecular formula is C15H15Cl2N3OS. The topological polar surface area (TPSA) is 54.9 Å². The Bertz CT molecular complexity index is 653. The highest BCUT2D eigenvalue weighted by molar-refractivity contribution is 7.99. The molecule has 0 fully saturated rings. The van der Waals surface area contributed by atoms with Gasteiger partial charge in [0.25, 0.3) is 0 Å². The second-order valence-electron chi connectivity index (χ2n) is 4.58. The normalized spacial score (nSPS) is 10.5. The molecule has 0 atom stereocenters. The first-order valence-electron chi connectivity index (χ1n) is 6.72. The van der Waals surface area contributed by atoms with Crippen molar-refractivity contribution in [3.05, 3.63) is 46.2 Å². The molecule has 0 spiro atoms. The van der Waals surface area contributed by atoms with Crippen LogP contribution in [0.5, 0.6) is 0 Å². The quantitative estimate of drug-likeness (QED) is 0.467. The molecule has 0 radical (unpaired) electrons. The summed E-state index contributed by atoms with van der Waals surface area (Å²) in [7, 11) is 0. The van der Waals surface area contributed by atoms with Gasteiger partial charge in [-0.25, -0.2) is 9.97 Å². The number of hydrogen-bond acceptors (Lipinski definition) is 4. The Morgan fingerprint density at radius 3 is 2.73 bits per heavy atom. The second-order valence-corrected chi connectivity index (χ2v) is 6.43. The first-order valence-corrected chi connectivity index (χ1v) is 8.46. The van der Waals surface area contributed by atoms with Gasteiger partial charge in [0.15, 0.2) is 5.16 Å². The summed E-state index contributed by atoms with van der Waals surface area (Å²) in [6, 6.07) is 5.31. The number of hydrogen-bond donors (Lipinski definition) is 1. The number of nitrogens with zero attached hydrogens (tertiary/aromatic N) is 2. The fourth-order valence-corrected chi connectivity index (χ4v) is 2.94. The molecular weight excluding hydrogens is 341 g/mol. The van der Waals surface area contributed by atoms with Crippen LogP contribution in [0.4, 0.5) is 5.69 Å². The zero-order chi connectivity index (χ0) is 15.9. The monoisotopic (exact) mass is 355 g/mol. The van der Waals surface area contributed by atoms with Crippen LogP contribution in [-0.4, -0.2) is 21.6 Å². The number of thioether (sulfide) groups is 1. The summed E-state index contributed by atoms with van der Waals surface area (Å²) in [6.45, 7) is 1.87. The molecule has 1 heterocycles. The third-order valence-electron chi connectivity index (χ3n) is 2.87. The zero-order valence-corrected chi connectivity index (χ0v) is 14.3. The molecule has 0 saturated heterocycles. The lowest BCUT2D eigenvalue weighted by molar-refractivity contribution is -0.116. The Kier molecular flexibility index (Phi) is 6.49. The van der Waals surface area contributed by atoms with E-state index in [2.05, 4.69) is 15.3 Å². The summed E-state index contributed by atoms with van der Waals surface area (Å²) in [6.07, 6.45) is 4.50. The van der Waals surface area contributed by atoms with Crippen molar-refractivity contribution >= 4 is 46.6 Å². The zero-order valence-electron chi connectivity index (χ0n) is 12.0. The number of carbonyl (C=O) groups is 1. The molecule has 1 aromatic carbocycles. The minimum absolute atomic E-state index is 0.107. The first kappa shape index (κ1) is 17.1. The van der Waals surface area contributed by atoms with Crippen LogP contribution in [0.15, 0.2) is 35.7 Å². The van der Waals surface area contributed by atoms with E-state index in [1.807, 2.05) is 13.0 Å². The Labute approximate surface area is 143 Å². The van der Waals surface area contributed by atoms with Crippen molar-refractivity contribution in [1.82, 2.24) is 9.97 Å². The molecule has 22 heavy (non-hydrogen) atoms. The predicted molar refractivity (Wildman–Crippen MR) is 91.8 cm³/mol. The molecule has 0 aliphatic heterocycles. The number of rotatable bonds is 6. The van der Waals surface area contributed by atoms with Gasteiger partial charge in [0, 0.05) is 24.6 Å². The lowest BCUT2D eigenvalue weighted by Gasteiger charge is -2.11. The summed E-state index contributed by atoms with van der Waals surface area (Å²) in [5, 5.41) is 4.41.